The minimum absolute atomic E-state index is 0. The van der Waals surface area contributed by atoms with Gasteiger partial charge in [0.05, 0.1) is 0 Å². The quantitative estimate of drug-likeness (QED) is 0.309. The summed E-state index contributed by atoms with van der Waals surface area (Å²) in [5.41, 5.74) is 1.62. The van der Waals surface area contributed by atoms with E-state index in [0.29, 0.717) is 0 Å². The van der Waals surface area contributed by atoms with Crippen molar-refractivity contribution in [1.29, 1.82) is 0 Å². The maximum absolute atomic E-state index is 12.5. The van der Waals surface area contributed by atoms with Crippen molar-refractivity contribution in [1.82, 2.24) is 0 Å². The van der Waals surface area contributed by atoms with Crippen molar-refractivity contribution < 1.29 is 42.8 Å². The minimum atomic E-state index is 0. The second-order valence-corrected chi connectivity index (χ2v) is 5.10. The molecule has 0 heterocycles. The van der Waals surface area contributed by atoms with Gasteiger partial charge in [0.1, 0.15) is 0 Å². The first-order valence-corrected chi connectivity index (χ1v) is 6.93. The molecule has 4 aromatic carbocycles. The summed E-state index contributed by atoms with van der Waals surface area (Å²) >= 11 is 0. The van der Waals surface area contributed by atoms with E-state index in [9.17, 15) is 5.11 Å². The molecule has 3 heteroatoms. The predicted octanol–water partition coefficient (Wildman–Crippen LogP) is -1.46. The number of hydrogen-bond acceptors (Lipinski definition) is 1. The molecule has 0 saturated heterocycles. The molecule has 0 aromatic heterocycles. The summed E-state index contributed by atoms with van der Waals surface area (Å²) in [6.45, 7) is 0. The molecule has 0 fully saturated rings. The van der Waals surface area contributed by atoms with Crippen molar-refractivity contribution >= 4 is 21.5 Å². The topological polar surface area (TPSA) is 23.1 Å². The Balaban J connectivity index is 0.000000960. The number of fused-ring (bicyclic) bond motifs is 2. The smallest absolute Gasteiger partial charge is 0.879 e. The fourth-order valence-corrected chi connectivity index (χ4v) is 2.88. The molecule has 100 valence electrons. The van der Waals surface area contributed by atoms with Gasteiger partial charge in [-0.3, -0.25) is 0 Å². The first-order chi connectivity index (χ1) is 10.3. The van der Waals surface area contributed by atoms with Gasteiger partial charge >= 0.3 is 37.7 Å². The second kappa shape index (κ2) is 7.31. The van der Waals surface area contributed by atoms with Gasteiger partial charge in [0.2, 0.25) is 0 Å². The first-order valence-electron chi connectivity index (χ1n) is 6.93. The van der Waals surface area contributed by atoms with Crippen molar-refractivity contribution in [2.24, 2.45) is 0 Å². The summed E-state index contributed by atoms with van der Waals surface area (Å²) in [4.78, 5) is 0. The van der Waals surface area contributed by atoms with Crippen molar-refractivity contribution in [2.75, 3.05) is 0 Å². The molecule has 0 saturated carbocycles. The van der Waals surface area contributed by atoms with E-state index in [1.165, 1.54) is 0 Å². The molecule has 0 amide bonds. The van der Waals surface area contributed by atoms with E-state index in [-0.39, 0.29) is 43.5 Å². The van der Waals surface area contributed by atoms with E-state index in [4.69, 9.17) is 0 Å². The maximum Gasteiger partial charge on any atom is 1.00 e. The molecular weight excluding hydrogens is 270 g/mol. The van der Waals surface area contributed by atoms with Crippen molar-refractivity contribution in [3.8, 4) is 16.9 Å². The third-order valence-corrected chi connectivity index (χ3v) is 3.86. The van der Waals surface area contributed by atoms with Gasteiger partial charge in [-0.15, -0.1) is 40.3 Å². The van der Waals surface area contributed by atoms with Crippen LogP contribution in [-0.2, 0) is 0 Å². The Kier molecular flexibility index (Phi) is 5.64. The molecule has 4 rings (SSSR count). The molecule has 0 atom stereocenters. The van der Waals surface area contributed by atoms with Gasteiger partial charge in [-0.05, 0) is 5.39 Å². The van der Waals surface area contributed by atoms with Crippen LogP contribution in [0.5, 0.6) is 5.75 Å². The van der Waals surface area contributed by atoms with Gasteiger partial charge in [-0.1, -0.05) is 71.6 Å². The second-order valence-electron chi connectivity index (χ2n) is 5.10. The average molecular weight is 282 g/mol. The van der Waals surface area contributed by atoms with Crippen molar-refractivity contribution in [3.63, 3.8) is 0 Å². The molecule has 0 N–H and O–H groups in total. The molecular formula is C20H12Li2O. The molecule has 0 unspecified atom stereocenters. The normalized spacial score (nSPS) is 10.1. The number of rotatable bonds is 1. The molecule has 0 radical (unpaired) electrons. The van der Waals surface area contributed by atoms with Crippen LogP contribution in [0.2, 0.25) is 0 Å². The van der Waals surface area contributed by atoms with Gasteiger partial charge in [-0.25, -0.2) is 0 Å². The SMILES string of the molecule is [Li+].[Li+].[O-]c1ccc2ccccc2c1-c1[c-]ccc2ccccc12. The van der Waals surface area contributed by atoms with Crippen LogP contribution in [0.4, 0.5) is 0 Å². The van der Waals surface area contributed by atoms with E-state index in [1.54, 1.807) is 6.07 Å². The summed E-state index contributed by atoms with van der Waals surface area (Å²) in [5.74, 6) is 0.0429. The Morgan fingerprint density at radius 2 is 1.26 bits per heavy atom. The summed E-state index contributed by atoms with van der Waals surface area (Å²) in [6, 6.07) is 26.8. The largest absolute Gasteiger partial charge is 1.00 e. The zero-order valence-corrected chi connectivity index (χ0v) is 13.3. The van der Waals surface area contributed by atoms with Crippen LogP contribution in [0.15, 0.2) is 72.8 Å². The van der Waals surface area contributed by atoms with Gasteiger partial charge in [0.15, 0.2) is 0 Å². The van der Waals surface area contributed by atoms with E-state index < -0.39 is 0 Å². The standard InChI is InChI=1S/C20H13O.2Li/c21-19-13-12-15-7-2-4-10-17(15)20(19)18-11-5-8-14-6-1-3-9-16(14)18;;/h1-10,12-13,21H;;/q-1;2*+1/p-1. The average Bonchev–Trinajstić information content (AvgIpc) is 2.54. The third-order valence-electron chi connectivity index (χ3n) is 3.86. The van der Waals surface area contributed by atoms with Crippen LogP contribution in [0.3, 0.4) is 0 Å². The molecule has 4 aromatic rings. The summed E-state index contributed by atoms with van der Waals surface area (Å²) in [5, 5.41) is 16.7. The zero-order valence-electron chi connectivity index (χ0n) is 13.3. The first kappa shape index (κ1) is 17.7. The van der Waals surface area contributed by atoms with E-state index >= 15 is 0 Å². The fraction of sp³-hybridized carbons (Fsp3) is 0. The van der Waals surface area contributed by atoms with E-state index in [2.05, 4.69) is 12.1 Å². The Morgan fingerprint density at radius 3 is 2.00 bits per heavy atom. The molecule has 0 spiro atoms. The van der Waals surface area contributed by atoms with Crippen molar-refractivity contribution in [3.05, 3.63) is 78.9 Å². The Labute approximate surface area is 159 Å². The summed E-state index contributed by atoms with van der Waals surface area (Å²) < 4.78 is 0. The van der Waals surface area contributed by atoms with E-state index in [1.807, 2.05) is 60.7 Å². The molecule has 0 aliphatic rings. The third kappa shape index (κ3) is 3.07. The minimum Gasteiger partial charge on any atom is -0.879 e. The molecule has 0 aliphatic carbocycles. The summed E-state index contributed by atoms with van der Waals surface area (Å²) in [7, 11) is 0. The molecule has 1 nitrogen and oxygen atoms in total. The van der Waals surface area contributed by atoms with Gasteiger partial charge < -0.3 is 5.11 Å². The van der Waals surface area contributed by atoms with Crippen LogP contribution in [0, 0.1) is 6.07 Å². The Hall–Kier alpha value is -1.61. The van der Waals surface area contributed by atoms with Crippen LogP contribution in [0.1, 0.15) is 0 Å². The maximum atomic E-state index is 12.5. The fourth-order valence-electron chi connectivity index (χ4n) is 2.88. The van der Waals surface area contributed by atoms with Gasteiger partial charge in [-0.2, -0.15) is 0 Å². The van der Waals surface area contributed by atoms with E-state index in [0.717, 1.165) is 32.7 Å². The van der Waals surface area contributed by atoms with Gasteiger partial charge in [0, 0.05) is 0 Å². The Bertz CT molecular complexity index is 958. The van der Waals surface area contributed by atoms with Crippen LogP contribution in [0.25, 0.3) is 32.7 Å². The van der Waals surface area contributed by atoms with Crippen LogP contribution < -0.4 is 42.8 Å². The predicted molar refractivity (Wildman–Crippen MR) is 85.2 cm³/mol. The number of benzene rings is 4. The van der Waals surface area contributed by atoms with Gasteiger partial charge in [0.25, 0.3) is 0 Å². The van der Waals surface area contributed by atoms with Crippen molar-refractivity contribution in [2.45, 2.75) is 0 Å². The summed E-state index contributed by atoms with van der Waals surface area (Å²) in [6.07, 6.45) is 0. The van der Waals surface area contributed by atoms with Crippen LogP contribution >= 0.6 is 0 Å². The molecule has 23 heavy (non-hydrogen) atoms. The molecule has 0 bridgehead atoms. The Morgan fingerprint density at radius 1 is 0.652 bits per heavy atom. The zero-order chi connectivity index (χ0) is 14.2. The van der Waals surface area contributed by atoms with Crippen LogP contribution in [-0.4, -0.2) is 0 Å². The monoisotopic (exact) mass is 282 g/mol. The number of hydrogen-bond donors (Lipinski definition) is 0. The molecule has 0 aliphatic heterocycles.